The first kappa shape index (κ1) is 13.3. The Morgan fingerprint density at radius 3 is 2.33 bits per heavy atom. The van der Waals surface area contributed by atoms with Gasteiger partial charge in [0, 0.05) is 12.1 Å². The number of hydrogen-bond donors (Lipinski definition) is 2. The van der Waals surface area contributed by atoms with Crippen LogP contribution in [0.15, 0.2) is 0 Å². The SMILES string of the molecule is CC(C)C[C@H](CO)NC1CC2(CC2)C1.Cl. The van der Waals surface area contributed by atoms with Gasteiger partial charge in [-0.05, 0) is 43.4 Å². The van der Waals surface area contributed by atoms with E-state index in [2.05, 4.69) is 19.2 Å². The highest BCUT2D eigenvalue weighted by Gasteiger charge is 2.52. The second kappa shape index (κ2) is 5.03. The number of hydrogen-bond acceptors (Lipinski definition) is 2. The molecule has 0 unspecified atom stereocenters. The second-order valence-electron chi connectivity index (χ2n) is 5.78. The Labute approximate surface area is 99.2 Å². The molecule has 0 radical (unpaired) electrons. The van der Waals surface area contributed by atoms with Crippen molar-refractivity contribution < 1.29 is 5.11 Å². The number of nitrogens with one attached hydrogen (secondary N) is 1. The summed E-state index contributed by atoms with van der Waals surface area (Å²) in [5.74, 6) is 0.676. The highest BCUT2D eigenvalue weighted by molar-refractivity contribution is 5.85. The lowest BCUT2D eigenvalue weighted by Gasteiger charge is -2.39. The van der Waals surface area contributed by atoms with Crippen LogP contribution in [0, 0.1) is 11.3 Å². The minimum absolute atomic E-state index is 0. The first-order chi connectivity index (χ1) is 6.63. The summed E-state index contributed by atoms with van der Waals surface area (Å²) >= 11 is 0. The lowest BCUT2D eigenvalue weighted by molar-refractivity contribution is 0.145. The van der Waals surface area contributed by atoms with Crippen molar-refractivity contribution in [3.63, 3.8) is 0 Å². The molecule has 1 spiro atoms. The number of aliphatic hydroxyl groups is 1. The molecular formula is C12H24ClNO. The summed E-state index contributed by atoms with van der Waals surface area (Å²) in [7, 11) is 0. The Hall–Kier alpha value is 0.210. The third-order valence-corrected chi connectivity index (χ3v) is 3.76. The van der Waals surface area contributed by atoms with E-state index in [1.807, 2.05) is 0 Å². The minimum atomic E-state index is 0. The van der Waals surface area contributed by atoms with Gasteiger partial charge < -0.3 is 10.4 Å². The number of halogens is 1. The van der Waals surface area contributed by atoms with Crippen LogP contribution in [0.1, 0.15) is 46.0 Å². The second-order valence-corrected chi connectivity index (χ2v) is 5.78. The molecule has 2 N–H and O–H groups in total. The zero-order chi connectivity index (χ0) is 10.2. The smallest absolute Gasteiger partial charge is 0.0584 e. The molecule has 0 amide bonds. The van der Waals surface area contributed by atoms with Gasteiger partial charge in [-0.2, -0.15) is 0 Å². The van der Waals surface area contributed by atoms with E-state index in [9.17, 15) is 5.11 Å². The molecule has 0 aromatic rings. The molecule has 2 aliphatic carbocycles. The van der Waals surface area contributed by atoms with Gasteiger partial charge in [0.1, 0.15) is 0 Å². The summed E-state index contributed by atoms with van der Waals surface area (Å²) in [6, 6.07) is 1.03. The van der Waals surface area contributed by atoms with Gasteiger partial charge >= 0.3 is 0 Å². The molecule has 0 saturated heterocycles. The van der Waals surface area contributed by atoms with Crippen LogP contribution in [0.5, 0.6) is 0 Å². The Balaban J connectivity index is 0.00000112. The number of rotatable bonds is 5. The molecule has 3 heteroatoms. The summed E-state index contributed by atoms with van der Waals surface area (Å²) in [5, 5.41) is 12.8. The van der Waals surface area contributed by atoms with E-state index in [1.165, 1.54) is 25.7 Å². The summed E-state index contributed by atoms with van der Waals surface area (Å²) in [5.41, 5.74) is 0.773. The molecule has 0 heterocycles. The van der Waals surface area contributed by atoms with Crippen molar-refractivity contribution in [1.29, 1.82) is 0 Å². The largest absolute Gasteiger partial charge is 0.395 e. The van der Waals surface area contributed by atoms with E-state index in [4.69, 9.17) is 0 Å². The van der Waals surface area contributed by atoms with E-state index < -0.39 is 0 Å². The summed E-state index contributed by atoms with van der Waals surface area (Å²) in [6.45, 7) is 4.72. The quantitative estimate of drug-likeness (QED) is 0.764. The molecule has 0 aromatic carbocycles. The molecule has 2 saturated carbocycles. The van der Waals surface area contributed by atoms with Gasteiger partial charge in [-0.1, -0.05) is 13.8 Å². The van der Waals surface area contributed by atoms with Crippen molar-refractivity contribution in [1.82, 2.24) is 5.32 Å². The van der Waals surface area contributed by atoms with E-state index in [0.717, 1.165) is 11.8 Å². The lowest BCUT2D eigenvalue weighted by atomic mass is 9.76. The topological polar surface area (TPSA) is 32.3 Å². The molecule has 2 aliphatic rings. The van der Waals surface area contributed by atoms with Gasteiger partial charge in [-0.3, -0.25) is 0 Å². The third-order valence-electron chi connectivity index (χ3n) is 3.76. The highest BCUT2D eigenvalue weighted by atomic mass is 35.5. The normalized spacial score (nSPS) is 24.8. The van der Waals surface area contributed by atoms with E-state index in [-0.39, 0.29) is 12.4 Å². The van der Waals surface area contributed by atoms with Crippen LogP contribution in [0.3, 0.4) is 0 Å². The first-order valence-corrected chi connectivity index (χ1v) is 6.00. The molecular weight excluding hydrogens is 210 g/mol. The molecule has 90 valence electrons. The lowest BCUT2D eigenvalue weighted by Crippen LogP contribution is -2.48. The molecule has 2 fully saturated rings. The molecule has 2 nitrogen and oxygen atoms in total. The molecule has 0 aliphatic heterocycles. The average Bonchev–Trinajstić information content (AvgIpc) is 2.81. The molecule has 2 rings (SSSR count). The fourth-order valence-electron chi connectivity index (χ4n) is 2.79. The van der Waals surface area contributed by atoms with Crippen LogP contribution in [-0.4, -0.2) is 23.8 Å². The minimum Gasteiger partial charge on any atom is -0.395 e. The van der Waals surface area contributed by atoms with Gasteiger partial charge in [-0.25, -0.2) is 0 Å². The summed E-state index contributed by atoms with van der Waals surface area (Å²) in [6.07, 6.45) is 6.74. The van der Waals surface area contributed by atoms with Crippen molar-refractivity contribution in [2.24, 2.45) is 11.3 Å². The fourth-order valence-corrected chi connectivity index (χ4v) is 2.79. The number of aliphatic hydroxyl groups excluding tert-OH is 1. The van der Waals surface area contributed by atoms with Crippen LogP contribution >= 0.6 is 12.4 Å². The average molecular weight is 234 g/mol. The molecule has 15 heavy (non-hydrogen) atoms. The van der Waals surface area contributed by atoms with Gasteiger partial charge in [0.2, 0.25) is 0 Å². The van der Waals surface area contributed by atoms with Crippen molar-refractivity contribution in [3.05, 3.63) is 0 Å². The Morgan fingerprint density at radius 1 is 1.33 bits per heavy atom. The monoisotopic (exact) mass is 233 g/mol. The molecule has 1 atom stereocenters. The maximum atomic E-state index is 9.23. The molecule has 0 bridgehead atoms. The van der Waals surface area contributed by atoms with Crippen LogP contribution in [0.2, 0.25) is 0 Å². The van der Waals surface area contributed by atoms with Crippen LogP contribution in [0.25, 0.3) is 0 Å². The predicted octanol–water partition coefficient (Wildman–Crippen LogP) is 2.35. The maximum absolute atomic E-state index is 9.23. The zero-order valence-electron chi connectivity index (χ0n) is 9.83. The van der Waals surface area contributed by atoms with E-state index in [0.29, 0.717) is 24.6 Å². The summed E-state index contributed by atoms with van der Waals surface area (Å²) < 4.78 is 0. The first-order valence-electron chi connectivity index (χ1n) is 6.00. The summed E-state index contributed by atoms with van der Waals surface area (Å²) in [4.78, 5) is 0. The van der Waals surface area contributed by atoms with Gasteiger partial charge in [-0.15, -0.1) is 12.4 Å². The fraction of sp³-hybridized carbons (Fsp3) is 1.00. The van der Waals surface area contributed by atoms with Crippen molar-refractivity contribution in [2.45, 2.75) is 58.0 Å². The van der Waals surface area contributed by atoms with Crippen molar-refractivity contribution in [3.8, 4) is 0 Å². The highest BCUT2D eigenvalue weighted by Crippen LogP contribution is 2.60. The molecule has 0 aromatic heterocycles. The van der Waals surface area contributed by atoms with Crippen LogP contribution < -0.4 is 5.32 Å². The third kappa shape index (κ3) is 3.33. The van der Waals surface area contributed by atoms with Crippen LogP contribution in [-0.2, 0) is 0 Å². The van der Waals surface area contributed by atoms with Gasteiger partial charge in [0.15, 0.2) is 0 Å². The Kier molecular flexibility index (Phi) is 4.45. The van der Waals surface area contributed by atoms with E-state index in [1.54, 1.807) is 0 Å². The maximum Gasteiger partial charge on any atom is 0.0584 e. The zero-order valence-corrected chi connectivity index (χ0v) is 10.6. The Morgan fingerprint density at radius 2 is 1.93 bits per heavy atom. The van der Waals surface area contributed by atoms with Gasteiger partial charge in [0.25, 0.3) is 0 Å². The predicted molar refractivity (Wildman–Crippen MR) is 65.4 cm³/mol. The van der Waals surface area contributed by atoms with Crippen LogP contribution in [0.4, 0.5) is 0 Å². The van der Waals surface area contributed by atoms with Crippen molar-refractivity contribution >= 4 is 12.4 Å². The van der Waals surface area contributed by atoms with Gasteiger partial charge in [0.05, 0.1) is 6.61 Å². The standard InChI is InChI=1S/C12H23NO.ClH/c1-9(2)5-10(8-14)13-11-6-12(7-11)3-4-12;/h9-11,13-14H,3-8H2,1-2H3;1H/t10-;/m1./s1. The Bertz CT molecular complexity index is 196. The van der Waals surface area contributed by atoms with E-state index >= 15 is 0 Å². The van der Waals surface area contributed by atoms with Crippen molar-refractivity contribution in [2.75, 3.05) is 6.61 Å².